The van der Waals surface area contributed by atoms with Crippen LogP contribution in [0.25, 0.3) is 0 Å². The fourth-order valence-electron chi connectivity index (χ4n) is 4.46. The lowest BCUT2D eigenvalue weighted by Crippen LogP contribution is -2.50. The zero-order chi connectivity index (χ0) is 26.3. The minimum Gasteiger partial charge on any atom is -0.444 e. The summed E-state index contributed by atoms with van der Waals surface area (Å²) in [4.78, 5) is 28.1. The fraction of sp³-hybridized carbons (Fsp3) is 0.500. The Hall–Kier alpha value is -2.84. The first-order valence-electron chi connectivity index (χ1n) is 12.6. The van der Waals surface area contributed by atoms with Crippen LogP contribution in [0.2, 0.25) is 0 Å². The van der Waals surface area contributed by atoms with E-state index in [-0.39, 0.29) is 5.91 Å². The molecule has 4 rings (SSSR count). The second kappa shape index (κ2) is 9.56. The van der Waals surface area contributed by atoms with Gasteiger partial charge >= 0.3 is 13.2 Å². The number of carbonyl (C=O) groups is 2. The van der Waals surface area contributed by atoms with Gasteiger partial charge in [-0.3, -0.25) is 4.79 Å². The maximum Gasteiger partial charge on any atom is 0.494 e. The van der Waals surface area contributed by atoms with Gasteiger partial charge < -0.3 is 24.3 Å². The van der Waals surface area contributed by atoms with Gasteiger partial charge in [-0.05, 0) is 77.5 Å². The normalized spacial score (nSPS) is 19.1. The lowest BCUT2D eigenvalue weighted by atomic mass is 9.78. The maximum atomic E-state index is 13.7. The van der Waals surface area contributed by atoms with Crippen LogP contribution >= 0.6 is 0 Å². The molecule has 192 valence electrons. The predicted molar refractivity (Wildman–Crippen MR) is 142 cm³/mol. The van der Waals surface area contributed by atoms with Gasteiger partial charge in [-0.25, -0.2) is 4.79 Å². The summed E-state index contributed by atoms with van der Waals surface area (Å²) < 4.78 is 17.9. The van der Waals surface area contributed by atoms with Crippen molar-refractivity contribution in [3.63, 3.8) is 0 Å². The molecule has 8 heteroatoms. The Bertz CT molecular complexity index is 1110. The Balaban J connectivity index is 1.54. The van der Waals surface area contributed by atoms with Gasteiger partial charge in [0.1, 0.15) is 11.6 Å². The Morgan fingerprint density at radius 3 is 2.31 bits per heavy atom. The first-order chi connectivity index (χ1) is 16.8. The molecule has 2 aliphatic rings. The van der Waals surface area contributed by atoms with Gasteiger partial charge in [0.15, 0.2) is 0 Å². The van der Waals surface area contributed by atoms with Gasteiger partial charge in [0, 0.05) is 18.7 Å². The second-order valence-corrected chi connectivity index (χ2v) is 11.6. The standard InChI is InChI=1S/C28H37BN2O5/c1-26(2,3)34-25(33)30-22(17-19-11-9-8-10-12-19)24(32)31-16-15-20-18-21(13-14-23(20)31)29-35-27(4,5)28(6,7)36-29/h8-14,18,22H,15-17H2,1-7H3,(H,30,33)/t22-/m1/s1. The van der Waals surface area contributed by atoms with Gasteiger partial charge in [0.05, 0.1) is 11.2 Å². The van der Waals surface area contributed by atoms with Crippen molar-refractivity contribution in [3.8, 4) is 0 Å². The van der Waals surface area contributed by atoms with Gasteiger partial charge in [-0.15, -0.1) is 0 Å². The molecule has 0 bridgehead atoms. The number of hydrogen-bond acceptors (Lipinski definition) is 5. The molecule has 2 aliphatic heterocycles. The molecule has 36 heavy (non-hydrogen) atoms. The zero-order valence-corrected chi connectivity index (χ0v) is 22.4. The molecule has 1 saturated heterocycles. The molecule has 1 fully saturated rings. The van der Waals surface area contributed by atoms with Crippen LogP contribution in [0.3, 0.4) is 0 Å². The summed E-state index contributed by atoms with van der Waals surface area (Å²) in [6.07, 6.45) is 0.489. The molecule has 2 amide bonds. The van der Waals surface area contributed by atoms with E-state index in [9.17, 15) is 9.59 Å². The van der Waals surface area contributed by atoms with E-state index in [1.165, 1.54) is 0 Å². The van der Waals surface area contributed by atoms with Crippen molar-refractivity contribution < 1.29 is 23.6 Å². The molecule has 0 radical (unpaired) electrons. The smallest absolute Gasteiger partial charge is 0.444 e. The van der Waals surface area contributed by atoms with E-state index in [2.05, 4.69) is 11.4 Å². The molecule has 0 aromatic heterocycles. The number of fused-ring (bicyclic) bond motifs is 1. The van der Waals surface area contributed by atoms with E-state index in [0.717, 1.165) is 28.7 Å². The maximum absolute atomic E-state index is 13.7. The zero-order valence-electron chi connectivity index (χ0n) is 22.4. The molecule has 2 aromatic carbocycles. The molecule has 0 unspecified atom stereocenters. The van der Waals surface area contributed by atoms with Crippen molar-refractivity contribution >= 4 is 30.3 Å². The van der Waals surface area contributed by atoms with Crippen molar-refractivity contribution in [2.24, 2.45) is 0 Å². The number of nitrogens with one attached hydrogen (secondary N) is 1. The summed E-state index contributed by atoms with van der Waals surface area (Å²) in [7, 11) is -0.454. The quantitative estimate of drug-likeness (QED) is 0.639. The number of rotatable bonds is 5. The number of hydrogen-bond donors (Lipinski definition) is 1. The monoisotopic (exact) mass is 492 g/mol. The van der Waals surface area contributed by atoms with Crippen LogP contribution in [0.5, 0.6) is 0 Å². The molecule has 2 aromatic rings. The van der Waals surface area contributed by atoms with Crippen LogP contribution < -0.4 is 15.7 Å². The van der Waals surface area contributed by atoms with Crippen molar-refractivity contribution in [1.29, 1.82) is 0 Å². The van der Waals surface area contributed by atoms with E-state index in [1.807, 2.05) is 70.2 Å². The lowest BCUT2D eigenvalue weighted by Gasteiger charge is -2.32. The summed E-state index contributed by atoms with van der Waals surface area (Å²) in [5.41, 5.74) is 2.31. The molecule has 1 N–H and O–H groups in total. The van der Waals surface area contributed by atoms with Crippen molar-refractivity contribution in [1.82, 2.24) is 5.32 Å². The third-order valence-corrected chi connectivity index (χ3v) is 7.06. The Labute approximate surface area is 214 Å². The van der Waals surface area contributed by atoms with Crippen LogP contribution in [0.4, 0.5) is 10.5 Å². The van der Waals surface area contributed by atoms with Crippen LogP contribution in [-0.4, -0.2) is 48.5 Å². The highest BCUT2D eigenvalue weighted by molar-refractivity contribution is 6.62. The number of benzene rings is 2. The van der Waals surface area contributed by atoms with Gasteiger partial charge in [0.2, 0.25) is 5.91 Å². The molecular weight excluding hydrogens is 455 g/mol. The largest absolute Gasteiger partial charge is 0.494 e. The lowest BCUT2D eigenvalue weighted by molar-refractivity contribution is -0.120. The first-order valence-corrected chi connectivity index (χ1v) is 12.6. The summed E-state index contributed by atoms with van der Waals surface area (Å²) in [6.45, 7) is 14.1. The number of amides is 2. The van der Waals surface area contributed by atoms with E-state index in [4.69, 9.17) is 14.0 Å². The molecular formula is C28H37BN2O5. The molecule has 7 nitrogen and oxygen atoms in total. The highest BCUT2D eigenvalue weighted by Crippen LogP contribution is 2.37. The molecule has 2 heterocycles. The van der Waals surface area contributed by atoms with E-state index >= 15 is 0 Å². The second-order valence-electron chi connectivity index (χ2n) is 11.6. The first kappa shape index (κ1) is 26.2. The molecule has 1 atom stereocenters. The van der Waals surface area contributed by atoms with Crippen LogP contribution in [0, 0.1) is 0 Å². The van der Waals surface area contributed by atoms with Crippen molar-refractivity contribution in [3.05, 3.63) is 59.7 Å². The molecule has 0 saturated carbocycles. The average Bonchev–Trinajstić information content (AvgIpc) is 3.29. The van der Waals surface area contributed by atoms with Gasteiger partial charge in [0.25, 0.3) is 0 Å². The third-order valence-electron chi connectivity index (χ3n) is 7.06. The third kappa shape index (κ3) is 5.60. The summed E-state index contributed by atoms with van der Waals surface area (Å²) in [6, 6.07) is 14.9. The predicted octanol–water partition coefficient (Wildman–Crippen LogP) is 4.01. The molecule has 0 spiro atoms. The van der Waals surface area contributed by atoms with Gasteiger partial charge in [-0.2, -0.15) is 0 Å². The number of alkyl carbamates (subject to hydrolysis) is 1. The van der Waals surface area contributed by atoms with Crippen LogP contribution in [0.15, 0.2) is 48.5 Å². The number of carbonyl (C=O) groups excluding carboxylic acids is 2. The summed E-state index contributed by atoms with van der Waals surface area (Å²) >= 11 is 0. The Kier molecular flexibility index (Phi) is 6.97. The number of nitrogens with zero attached hydrogens (tertiary/aromatic N) is 1. The fourth-order valence-corrected chi connectivity index (χ4v) is 4.46. The minimum absolute atomic E-state index is 0.160. The molecule has 0 aliphatic carbocycles. The topological polar surface area (TPSA) is 77.1 Å². The van der Waals surface area contributed by atoms with Crippen molar-refractivity contribution in [2.45, 2.75) is 84.2 Å². The Morgan fingerprint density at radius 2 is 1.69 bits per heavy atom. The van der Waals surface area contributed by atoms with Crippen LogP contribution in [-0.2, 0) is 31.7 Å². The highest BCUT2D eigenvalue weighted by Gasteiger charge is 2.52. The summed E-state index contributed by atoms with van der Waals surface area (Å²) in [5.74, 6) is -0.160. The van der Waals surface area contributed by atoms with E-state index in [0.29, 0.717) is 13.0 Å². The van der Waals surface area contributed by atoms with Gasteiger partial charge in [-0.1, -0.05) is 42.5 Å². The Morgan fingerprint density at radius 1 is 1.06 bits per heavy atom. The summed E-state index contributed by atoms with van der Waals surface area (Å²) in [5, 5.41) is 2.81. The number of ether oxygens (including phenoxy) is 1. The SMILES string of the molecule is CC(C)(C)OC(=O)N[C@H](Cc1ccccc1)C(=O)N1CCc2cc(B3OC(C)(C)C(C)(C)O3)ccc21. The van der Waals surface area contributed by atoms with E-state index in [1.54, 1.807) is 25.7 Å². The van der Waals surface area contributed by atoms with Crippen LogP contribution in [0.1, 0.15) is 59.6 Å². The van der Waals surface area contributed by atoms with Crippen molar-refractivity contribution in [2.75, 3.05) is 11.4 Å². The van der Waals surface area contributed by atoms with E-state index < -0.39 is 36.1 Å². The highest BCUT2D eigenvalue weighted by atomic mass is 16.7. The average molecular weight is 492 g/mol. The number of anilines is 1. The minimum atomic E-state index is -0.754.